The van der Waals surface area contributed by atoms with Crippen LogP contribution in [0.15, 0.2) is 42.5 Å². The fourth-order valence-corrected chi connectivity index (χ4v) is 1.91. The van der Waals surface area contributed by atoms with Gasteiger partial charge in [0.25, 0.3) is 0 Å². The van der Waals surface area contributed by atoms with E-state index < -0.39 is 0 Å². The highest BCUT2D eigenvalue weighted by Gasteiger charge is 2.03. The predicted molar refractivity (Wildman–Crippen MR) is 66.3 cm³/mol. The minimum Gasteiger partial charge on any atom is -0.302 e. The van der Waals surface area contributed by atoms with E-state index in [9.17, 15) is 4.79 Å². The van der Waals surface area contributed by atoms with Crippen molar-refractivity contribution in [3.8, 4) is 0 Å². The standard InChI is InChI=1S/C14H15NO/c1-15(9-10-16)11-13-7-4-6-12-5-2-3-8-14(12)13/h2-8,10H,9,11H2,1H3. The van der Waals surface area contributed by atoms with Crippen molar-refractivity contribution in [2.45, 2.75) is 6.54 Å². The number of aldehydes is 1. The highest BCUT2D eigenvalue weighted by Crippen LogP contribution is 2.19. The summed E-state index contributed by atoms with van der Waals surface area (Å²) >= 11 is 0. The average molecular weight is 213 g/mol. The van der Waals surface area contributed by atoms with Crippen LogP contribution in [0.3, 0.4) is 0 Å². The summed E-state index contributed by atoms with van der Waals surface area (Å²) < 4.78 is 0. The van der Waals surface area contributed by atoms with Gasteiger partial charge >= 0.3 is 0 Å². The molecule has 0 radical (unpaired) electrons. The van der Waals surface area contributed by atoms with Gasteiger partial charge in [-0.2, -0.15) is 0 Å². The van der Waals surface area contributed by atoms with Crippen LogP contribution in [0.5, 0.6) is 0 Å². The first-order valence-electron chi connectivity index (χ1n) is 5.40. The van der Waals surface area contributed by atoms with E-state index in [4.69, 9.17) is 0 Å². The smallest absolute Gasteiger partial charge is 0.133 e. The summed E-state index contributed by atoms with van der Waals surface area (Å²) in [7, 11) is 1.95. The number of rotatable bonds is 4. The molecule has 0 atom stereocenters. The van der Waals surface area contributed by atoms with E-state index in [2.05, 4.69) is 30.3 Å². The minimum atomic E-state index is 0.475. The highest BCUT2D eigenvalue weighted by atomic mass is 16.1. The predicted octanol–water partition coefficient (Wildman–Crippen LogP) is 2.47. The van der Waals surface area contributed by atoms with Crippen molar-refractivity contribution in [2.75, 3.05) is 13.6 Å². The van der Waals surface area contributed by atoms with Crippen molar-refractivity contribution in [1.29, 1.82) is 0 Å². The van der Waals surface area contributed by atoms with Gasteiger partial charge in [0.2, 0.25) is 0 Å². The molecule has 0 bridgehead atoms. The van der Waals surface area contributed by atoms with Gasteiger partial charge in [-0.1, -0.05) is 42.5 Å². The molecule has 0 N–H and O–H groups in total. The molecule has 0 unspecified atom stereocenters. The summed E-state index contributed by atoms with van der Waals surface area (Å²) in [5.41, 5.74) is 1.27. The Kier molecular flexibility index (Phi) is 3.32. The molecule has 0 aliphatic rings. The van der Waals surface area contributed by atoms with Gasteiger partial charge in [0, 0.05) is 6.54 Å². The number of likely N-dealkylation sites (N-methyl/N-ethyl adjacent to an activating group) is 1. The maximum absolute atomic E-state index is 10.4. The van der Waals surface area contributed by atoms with E-state index >= 15 is 0 Å². The molecule has 0 spiro atoms. The number of nitrogens with zero attached hydrogens (tertiary/aromatic N) is 1. The number of fused-ring (bicyclic) bond motifs is 1. The van der Waals surface area contributed by atoms with Crippen LogP contribution < -0.4 is 0 Å². The first kappa shape index (κ1) is 10.8. The number of benzene rings is 2. The van der Waals surface area contributed by atoms with Crippen LogP contribution in [0.25, 0.3) is 10.8 Å². The maximum Gasteiger partial charge on any atom is 0.133 e. The molecule has 0 aliphatic carbocycles. The molecule has 2 heteroatoms. The molecular formula is C14H15NO. The second-order valence-corrected chi connectivity index (χ2v) is 4.00. The van der Waals surface area contributed by atoms with E-state index in [0.717, 1.165) is 12.8 Å². The van der Waals surface area contributed by atoms with Gasteiger partial charge < -0.3 is 4.79 Å². The molecule has 16 heavy (non-hydrogen) atoms. The van der Waals surface area contributed by atoms with Crippen molar-refractivity contribution in [3.05, 3.63) is 48.0 Å². The largest absolute Gasteiger partial charge is 0.302 e. The molecule has 0 aliphatic heterocycles. The van der Waals surface area contributed by atoms with Crippen LogP contribution in [-0.2, 0) is 11.3 Å². The maximum atomic E-state index is 10.4. The van der Waals surface area contributed by atoms with Crippen molar-refractivity contribution >= 4 is 17.1 Å². The van der Waals surface area contributed by atoms with E-state index in [0.29, 0.717) is 6.54 Å². The van der Waals surface area contributed by atoms with Crippen LogP contribution in [0, 0.1) is 0 Å². The first-order chi connectivity index (χ1) is 7.81. The Balaban J connectivity index is 2.33. The summed E-state index contributed by atoms with van der Waals surface area (Å²) in [6.07, 6.45) is 0.936. The summed E-state index contributed by atoms with van der Waals surface area (Å²) in [5.74, 6) is 0. The van der Waals surface area contributed by atoms with E-state index in [1.54, 1.807) is 0 Å². The lowest BCUT2D eigenvalue weighted by molar-refractivity contribution is -0.108. The van der Waals surface area contributed by atoms with E-state index in [1.165, 1.54) is 16.3 Å². The first-order valence-corrected chi connectivity index (χ1v) is 5.40. The molecule has 82 valence electrons. The van der Waals surface area contributed by atoms with Gasteiger partial charge in [0.05, 0.1) is 6.54 Å². The van der Waals surface area contributed by atoms with Gasteiger partial charge in [-0.25, -0.2) is 0 Å². The molecular weight excluding hydrogens is 198 g/mol. The quantitative estimate of drug-likeness (QED) is 0.727. The molecule has 2 nitrogen and oxygen atoms in total. The fraction of sp³-hybridized carbons (Fsp3) is 0.214. The van der Waals surface area contributed by atoms with Gasteiger partial charge in [0.15, 0.2) is 0 Å². The molecule has 0 saturated carbocycles. The molecule has 2 aromatic rings. The molecule has 0 saturated heterocycles. The van der Waals surface area contributed by atoms with Crippen molar-refractivity contribution in [3.63, 3.8) is 0 Å². The summed E-state index contributed by atoms with van der Waals surface area (Å²) in [6.45, 7) is 1.28. The Hall–Kier alpha value is -1.67. The number of hydrogen-bond donors (Lipinski definition) is 0. The SMILES string of the molecule is CN(CC=O)Cc1cccc2ccccc12. The lowest BCUT2D eigenvalue weighted by atomic mass is 10.0. The Bertz CT molecular complexity index is 488. The summed E-state index contributed by atoms with van der Waals surface area (Å²) in [6, 6.07) is 14.6. The Morgan fingerprint density at radius 3 is 2.69 bits per heavy atom. The monoisotopic (exact) mass is 213 g/mol. The third-order valence-electron chi connectivity index (χ3n) is 2.71. The highest BCUT2D eigenvalue weighted by molar-refractivity contribution is 5.85. The third-order valence-corrected chi connectivity index (χ3v) is 2.71. The topological polar surface area (TPSA) is 20.3 Å². The van der Waals surface area contributed by atoms with Gasteiger partial charge in [0.1, 0.15) is 6.29 Å². The second kappa shape index (κ2) is 4.90. The molecule has 0 aromatic heterocycles. The summed E-state index contributed by atoms with van der Waals surface area (Å²) in [5, 5.41) is 2.52. The minimum absolute atomic E-state index is 0.475. The number of carbonyl (C=O) groups is 1. The normalized spacial score (nSPS) is 10.9. The van der Waals surface area contributed by atoms with Crippen molar-refractivity contribution < 1.29 is 4.79 Å². The fourth-order valence-electron chi connectivity index (χ4n) is 1.91. The van der Waals surface area contributed by atoms with Crippen LogP contribution in [0.4, 0.5) is 0 Å². The van der Waals surface area contributed by atoms with Gasteiger partial charge in [-0.15, -0.1) is 0 Å². The Morgan fingerprint density at radius 1 is 1.12 bits per heavy atom. The molecule has 2 aromatic carbocycles. The molecule has 2 rings (SSSR count). The zero-order valence-electron chi connectivity index (χ0n) is 9.39. The van der Waals surface area contributed by atoms with Crippen molar-refractivity contribution in [2.24, 2.45) is 0 Å². The zero-order chi connectivity index (χ0) is 11.4. The van der Waals surface area contributed by atoms with E-state index in [1.807, 2.05) is 24.1 Å². The Labute approximate surface area is 95.5 Å². The molecule has 0 amide bonds. The lowest BCUT2D eigenvalue weighted by Gasteiger charge is -2.14. The van der Waals surface area contributed by atoms with Crippen LogP contribution in [-0.4, -0.2) is 24.8 Å². The second-order valence-electron chi connectivity index (χ2n) is 4.00. The average Bonchev–Trinajstić information content (AvgIpc) is 2.30. The van der Waals surface area contributed by atoms with Gasteiger partial charge in [-0.3, -0.25) is 4.90 Å². The van der Waals surface area contributed by atoms with E-state index in [-0.39, 0.29) is 0 Å². The number of carbonyl (C=O) groups excluding carboxylic acids is 1. The zero-order valence-corrected chi connectivity index (χ0v) is 9.39. The van der Waals surface area contributed by atoms with Crippen LogP contribution >= 0.6 is 0 Å². The molecule has 0 fully saturated rings. The van der Waals surface area contributed by atoms with Gasteiger partial charge in [-0.05, 0) is 23.4 Å². The summed E-state index contributed by atoms with van der Waals surface area (Å²) in [4.78, 5) is 12.4. The number of hydrogen-bond acceptors (Lipinski definition) is 2. The van der Waals surface area contributed by atoms with Crippen LogP contribution in [0.2, 0.25) is 0 Å². The van der Waals surface area contributed by atoms with Crippen molar-refractivity contribution in [1.82, 2.24) is 4.90 Å². The van der Waals surface area contributed by atoms with Crippen LogP contribution in [0.1, 0.15) is 5.56 Å². The molecule has 0 heterocycles. The lowest BCUT2D eigenvalue weighted by Crippen LogP contribution is -2.19. The Morgan fingerprint density at radius 2 is 1.88 bits per heavy atom. The third kappa shape index (κ3) is 2.28.